The van der Waals surface area contributed by atoms with Crippen LogP contribution in [0.4, 0.5) is 0 Å². The molecule has 4 nitrogen and oxygen atoms in total. The van der Waals surface area contributed by atoms with Crippen molar-refractivity contribution in [1.29, 1.82) is 0 Å². The van der Waals surface area contributed by atoms with Crippen LogP contribution in [0.3, 0.4) is 0 Å². The molecule has 23 heavy (non-hydrogen) atoms. The van der Waals surface area contributed by atoms with Gasteiger partial charge in [-0.2, -0.15) is 4.40 Å². The maximum Gasteiger partial charge on any atom is 0.368 e. The average Bonchev–Trinajstić information content (AvgIpc) is 3.06. The molecule has 0 aliphatic heterocycles. The number of carbonyl (C=O) groups excluding carboxylic acids is 1. The maximum atomic E-state index is 12.4. The van der Waals surface area contributed by atoms with E-state index in [2.05, 4.69) is 31.5 Å². The van der Waals surface area contributed by atoms with Crippen LogP contribution >= 0.6 is 15.9 Å². The Morgan fingerprint density at radius 1 is 1.13 bits per heavy atom. The number of rotatable bonds is 2. The molecule has 0 amide bonds. The van der Waals surface area contributed by atoms with E-state index in [0.29, 0.717) is 5.69 Å². The summed E-state index contributed by atoms with van der Waals surface area (Å²) in [5.41, 5.74) is 4.63. The van der Waals surface area contributed by atoms with Crippen molar-refractivity contribution in [1.82, 2.24) is 9.38 Å². The number of nitrogens with one attached hydrogen (secondary N) is 1. The predicted molar refractivity (Wildman–Crippen MR) is 93.6 cm³/mol. The zero-order valence-electron chi connectivity index (χ0n) is 12.8. The summed E-state index contributed by atoms with van der Waals surface area (Å²) in [6, 6.07) is 16.1. The lowest BCUT2D eigenvalue weighted by atomic mass is 10.1. The third-order valence-electron chi connectivity index (χ3n) is 4.18. The van der Waals surface area contributed by atoms with Crippen molar-refractivity contribution in [2.45, 2.75) is 6.92 Å². The normalized spacial score (nSPS) is 11.4. The number of para-hydroxylation sites is 2. The molecule has 0 bridgehead atoms. The van der Waals surface area contributed by atoms with Crippen molar-refractivity contribution in [3.8, 4) is 11.3 Å². The first-order chi connectivity index (χ1) is 11.1. The molecule has 0 aliphatic carbocycles. The zero-order chi connectivity index (χ0) is 16.1. The van der Waals surface area contributed by atoms with Gasteiger partial charge in [-0.05, 0) is 24.3 Å². The number of hydrogen-bond donors (Lipinski definition) is 1. The topological polar surface area (TPSA) is 41.1 Å². The second-order valence-corrected chi connectivity index (χ2v) is 6.53. The number of H-pyrrole nitrogens is 1. The Morgan fingerprint density at radius 2 is 1.83 bits per heavy atom. The van der Waals surface area contributed by atoms with E-state index in [1.807, 2.05) is 53.9 Å². The number of carbonyl (C=O) groups is 1. The van der Waals surface area contributed by atoms with E-state index < -0.39 is 0 Å². The van der Waals surface area contributed by atoms with Crippen LogP contribution < -0.4 is 4.57 Å². The number of aryl methyl sites for hydroxylation is 1. The van der Waals surface area contributed by atoms with Gasteiger partial charge in [0.05, 0.1) is 7.05 Å². The summed E-state index contributed by atoms with van der Waals surface area (Å²) in [6.07, 6.45) is 0. The van der Waals surface area contributed by atoms with Gasteiger partial charge in [0.2, 0.25) is 0 Å². The Labute approximate surface area is 141 Å². The van der Waals surface area contributed by atoms with Crippen LogP contribution in [-0.2, 0) is 7.05 Å². The van der Waals surface area contributed by atoms with Crippen molar-refractivity contribution in [2.24, 2.45) is 7.05 Å². The van der Waals surface area contributed by atoms with Crippen molar-refractivity contribution in [3.05, 3.63) is 58.7 Å². The molecule has 114 valence electrons. The van der Waals surface area contributed by atoms with E-state index in [-0.39, 0.29) is 5.78 Å². The number of imidazole rings is 2. The number of fused-ring (bicyclic) bond motifs is 3. The summed E-state index contributed by atoms with van der Waals surface area (Å²) in [7, 11) is 2.00. The molecule has 2 heterocycles. The number of aromatic amines is 1. The van der Waals surface area contributed by atoms with Gasteiger partial charge in [0.25, 0.3) is 0 Å². The highest BCUT2D eigenvalue weighted by Crippen LogP contribution is 2.28. The van der Waals surface area contributed by atoms with E-state index in [1.54, 1.807) is 6.92 Å². The fraction of sp³-hybridized carbons (Fsp3) is 0.111. The molecule has 4 rings (SSSR count). The van der Waals surface area contributed by atoms with Gasteiger partial charge >= 0.3 is 5.78 Å². The van der Waals surface area contributed by atoms with Gasteiger partial charge in [0.15, 0.2) is 11.5 Å². The number of Topliss-reactive ketones (excluding diaryl/α,β-unsaturated/α-hetero) is 1. The first kappa shape index (κ1) is 14.2. The van der Waals surface area contributed by atoms with Crippen LogP contribution in [0, 0.1) is 0 Å². The highest BCUT2D eigenvalue weighted by Gasteiger charge is 2.28. The number of nitrogens with zero attached hydrogens (tertiary/aromatic N) is 2. The lowest BCUT2D eigenvalue weighted by Gasteiger charge is -1.99. The molecule has 2 aromatic heterocycles. The standard InChI is InChI=1S/C18H14BrN3O/c1-11(23)17-16(12-7-9-13(19)10-8-12)20-18-21(2)14-5-3-4-6-15(14)22(17)18/h3-10H,1-2H3/p+1. The lowest BCUT2D eigenvalue weighted by Crippen LogP contribution is -2.27. The number of hydrogen-bond acceptors (Lipinski definition) is 1. The molecule has 0 saturated carbocycles. The van der Waals surface area contributed by atoms with Gasteiger partial charge in [-0.25, -0.2) is 9.55 Å². The molecule has 0 radical (unpaired) electrons. The second kappa shape index (κ2) is 5.06. The Bertz CT molecular complexity index is 1060. The van der Waals surface area contributed by atoms with Crippen LogP contribution in [0.2, 0.25) is 0 Å². The van der Waals surface area contributed by atoms with Crippen LogP contribution in [0.5, 0.6) is 0 Å². The lowest BCUT2D eigenvalue weighted by molar-refractivity contribution is -0.620. The van der Waals surface area contributed by atoms with Crippen molar-refractivity contribution in [3.63, 3.8) is 0 Å². The molecule has 0 atom stereocenters. The zero-order valence-corrected chi connectivity index (χ0v) is 14.4. The summed E-state index contributed by atoms with van der Waals surface area (Å²) < 4.78 is 5.10. The summed E-state index contributed by atoms with van der Waals surface area (Å²) in [6.45, 7) is 1.61. The smallest absolute Gasteiger partial charge is 0.291 e. The molecule has 4 aromatic rings. The van der Waals surface area contributed by atoms with Crippen LogP contribution in [0.1, 0.15) is 17.4 Å². The Kier molecular flexibility index (Phi) is 3.13. The Morgan fingerprint density at radius 3 is 2.52 bits per heavy atom. The molecule has 1 N–H and O–H groups in total. The van der Waals surface area contributed by atoms with E-state index in [9.17, 15) is 4.79 Å². The minimum Gasteiger partial charge on any atom is -0.291 e. The minimum atomic E-state index is 0.0375. The first-order valence-corrected chi connectivity index (χ1v) is 8.15. The van der Waals surface area contributed by atoms with Crippen molar-refractivity contribution < 1.29 is 9.36 Å². The fourth-order valence-corrected chi connectivity index (χ4v) is 3.39. The van der Waals surface area contributed by atoms with E-state index >= 15 is 0 Å². The molecule has 0 unspecified atom stereocenters. The van der Waals surface area contributed by atoms with Crippen LogP contribution in [0.15, 0.2) is 53.0 Å². The SMILES string of the molecule is CC(=O)c1c(-c2ccc(Br)cc2)[nH]c2n1c1ccccc1[n+]2C. The predicted octanol–water partition coefficient (Wildman–Crippen LogP) is 3.88. The van der Waals surface area contributed by atoms with Gasteiger partial charge in [0, 0.05) is 17.0 Å². The molecule has 0 saturated heterocycles. The Hall–Kier alpha value is -2.40. The first-order valence-electron chi connectivity index (χ1n) is 7.36. The van der Waals surface area contributed by atoms with E-state index in [1.165, 1.54) is 0 Å². The third kappa shape index (κ3) is 2.04. The van der Waals surface area contributed by atoms with Gasteiger partial charge in [0.1, 0.15) is 16.7 Å². The third-order valence-corrected chi connectivity index (χ3v) is 4.71. The summed E-state index contributed by atoms with van der Waals surface area (Å²) in [5, 5.41) is 0. The average molecular weight is 369 g/mol. The molecule has 0 aliphatic rings. The Balaban J connectivity index is 2.14. The molecular formula is C18H15BrN3O+. The molecule has 5 heteroatoms. The highest BCUT2D eigenvalue weighted by molar-refractivity contribution is 9.10. The van der Waals surface area contributed by atoms with Crippen LogP contribution in [0.25, 0.3) is 28.1 Å². The molecule has 0 fully saturated rings. The van der Waals surface area contributed by atoms with Gasteiger partial charge in [-0.3, -0.25) is 4.79 Å². The number of benzene rings is 2. The minimum absolute atomic E-state index is 0.0375. The number of aromatic nitrogens is 3. The maximum absolute atomic E-state index is 12.4. The summed E-state index contributed by atoms with van der Waals surface area (Å²) in [4.78, 5) is 15.8. The number of ketones is 1. The fourth-order valence-electron chi connectivity index (χ4n) is 3.12. The largest absolute Gasteiger partial charge is 0.368 e. The second-order valence-electron chi connectivity index (χ2n) is 5.62. The van der Waals surface area contributed by atoms with E-state index in [4.69, 9.17) is 0 Å². The molecule has 2 aromatic carbocycles. The van der Waals surface area contributed by atoms with Gasteiger partial charge < -0.3 is 0 Å². The molecular weight excluding hydrogens is 354 g/mol. The molecule has 0 spiro atoms. The van der Waals surface area contributed by atoms with Crippen molar-refractivity contribution in [2.75, 3.05) is 0 Å². The van der Waals surface area contributed by atoms with E-state index in [0.717, 1.165) is 32.5 Å². The number of halogens is 1. The van der Waals surface area contributed by atoms with Gasteiger partial charge in [-0.1, -0.05) is 40.2 Å². The van der Waals surface area contributed by atoms with Gasteiger partial charge in [-0.15, -0.1) is 0 Å². The summed E-state index contributed by atoms with van der Waals surface area (Å²) in [5.74, 6) is 0.935. The monoisotopic (exact) mass is 368 g/mol. The van der Waals surface area contributed by atoms with Crippen LogP contribution in [-0.4, -0.2) is 15.2 Å². The highest BCUT2D eigenvalue weighted by atomic mass is 79.9. The van der Waals surface area contributed by atoms with Crippen molar-refractivity contribution >= 4 is 38.5 Å². The summed E-state index contributed by atoms with van der Waals surface area (Å²) >= 11 is 3.45. The quantitative estimate of drug-likeness (QED) is 0.423.